The van der Waals surface area contributed by atoms with E-state index in [2.05, 4.69) is 16.9 Å². The molecule has 3 heterocycles. The van der Waals surface area contributed by atoms with Crippen molar-refractivity contribution in [2.24, 2.45) is 7.05 Å². The molecule has 31 heavy (non-hydrogen) atoms. The first-order valence-electron chi connectivity index (χ1n) is 9.92. The molecule has 2 aliphatic heterocycles. The predicted molar refractivity (Wildman–Crippen MR) is 105 cm³/mol. The molecule has 2 fully saturated rings. The van der Waals surface area contributed by atoms with Crippen LogP contribution in [0, 0.1) is 0 Å². The Morgan fingerprint density at radius 2 is 1.87 bits per heavy atom. The molecule has 0 radical (unpaired) electrons. The van der Waals surface area contributed by atoms with Gasteiger partial charge in [0, 0.05) is 44.5 Å². The summed E-state index contributed by atoms with van der Waals surface area (Å²) in [7, 11) is 0.473. The van der Waals surface area contributed by atoms with Gasteiger partial charge in [-0.25, -0.2) is 18.2 Å². The van der Waals surface area contributed by atoms with Gasteiger partial charge in [-0.3, -0.25) is 4.90 Å². The van der Waals surface area contributed by atoms with E-state index in [1.807, 2.05) is 6.92 Å². The molecule has 0 bridgehead atoms. The van der Waals surface area contributed by atoms with Crippen molar-refractivity contribution in [3.05, 3.63) is 12.5 Å². The van der Waals surface area contributed by atoms with E-state index < -0.39 is 22.2 Å². The molecule has 0 aromatic carbocycles. The van der Waals surface area contributed by atoms with Crippen LogP contribution >= 0.6 is 0 Å². The summed E-state index contributed by atoms with van der Waals surface area (Å²) in [5.41, 5.74) is 0.123. The van der Waals surface area contributed by atoms with Crippen LogP contribution in [0.25, 0.3) is 0 Å². The Labute approximate surface area is 179 Å². The monoisotopic (exact) mass is 470 g/mol. The lowest BCUT2D eigenvalue weighted by Gasteiger charge is -2.44. The Kier molecular flexibility index (Phi) is 8.11. The van der Waals surface area contributed by atoms with Gasteiger partial charge in [0.05, 0.1) is 12.9 Å². The van der Waals surface area contributed by atoms with E-state index in [0.717, 1.165) is 38.9 Å². The van der Waals surface area contributed by atoms with E-state index in [4.69, 9.17) is 14.6 Å². The SMILES string of the molecule is CCOCC1CCC2(CCN(S(=O)(=O)c3cn(C)cn3)CC2)N1C.O=C(O)C(F)(F)F. The van der Waals surface area contributed by atoms with Crippen LogP contribution in [0.3, 0.4) is 0 Å². The second-order valence-electron chi connectivity index (χ2n) is 7.77. The highest BCUT2D eigenvalue weighted by molar-refractivity contribution is 7.89. The lowest BCUT2D eigenvalue weighted by Crippen LogP contribution is -2.54. The van der Waals surface area contributed by atoms with Crippen LogP contribution in [0.15, 0.2) is 17.6 Å². The van der Waals surface area contributed by atoms with Gasteiger partial charge in [-0.1, -0.05) is 0 Å². The van der Waals surface area contributed by atoms with E-state index in [0.29, 0.717) is 19.1 Å². The van der Waals surface area contributed by atoms with Crippen molar-refractivity contribution in [2.45, 2.75) is 55.4 Å². The number of hydrogen-bond acceptors (Lipinski definition) is 6. The predicted octanol–water partition coefficient (Wildman–Crippen LogP) is 1.71. The molecular formula is C18H29F3N4O5S. The Morgan fingerprint density at radius 1 is 1.29 bits per heavy atom. The zero-order valence-corrected chi connectivity index (χ0v) is 18.6. The first-order chi connectivity index (χ1) is 14.3. The van der Waals surface area contributed by atoms with Gasteiger partial charge in [-0.05, 0) is 39.7 Å². The number of likely N-dealkylation sites (N-methyl/N-ethyl adjacent to an activating group) is 1. The summed E-state index contributed by atoms with van der Waals surface area (Å²) in [5.74, 6) is -2.76. The number of sulfonamides is 1. The number of ether oxygens (including phenoxy) is 1. The molecule has 13 heteroatoms. The summed E-state index contributed by atoms with van der Waals surface area (Å²) in [6.45, 7) is 4.65. The van der Waals surface area contributed by atoms with Crippen LogP contribution < -0.4 is 0 Å². The van der Waals surface area contributed by atoms with Gasteiger partial charge in [-0.15, -0.1) is 0 Å². The fourth-order valence-corrected chi connectivity index (χ4v) is 5.45. The van der Waals surface area contributed by atoms with Crippen LogP contribution in [-0.2, 0) is 26.6 Å². The van der Waals surface area contributed by atoms with Crippen molar-refractivity contribution in [1.29, 1.82) is 0 Å². The minimum Gasteiger partial charge on any atom is -0.475 e. The number of aromatic nitrogens is 2. The molecule has 1 N–H and O–H groups in total. The Morgan fingerprint density at radius 3 is 2.32 bits per heavy atom. The summed E-state index contributed by atoms with van der Waals surface area (Å²) in [4.78, 5) is 15.4. The molecule has 0 amide bonds. The Hall–Kier alpha value is -1.70. The molecule has 9 nitrogen and oxygen atoms in total. The molecule has 1 atom stereocenters. The van der Waals surface area contributed by atoms with Gasteiger partial charge < -0.3 is 14.4 Å². The fraction of sp³-hybridized carbons (Fsp3) is 0.778. The van der Waals surface area contributed by atoms with Crippen molar-refractivity contribution in [3.8, 4) is 0 Å². The molecule has 0 saturated carbocycles. The average molecular weight is 471 g/mol. The van der Waals surface area contributed by atoms with Gasteiger partial charge in [0.2, 0.25) is 0 Å². The molecule has 1 unspecified atom stereocenters. The van der Waals surface area contributed by atoms with Crippen LogP contribution in [0.2, 0.25) is 0 Å². The molecule has 0 aliphatic carbocycles. The molecule has 1 aromatic heterocycles. The number of nitrogens with zero attached hydrogens (tertiary/aromatic N) is 4. The van der Waals surface area contributed by atoms with E-state index in [1.165, 1.54) is 6.33 Å². The largest absolute Gasteiger partial charge is 0.490 e. The third-order valence-electron chi connectivity index (χ3n) is 5.93. The highest BCUT2D eigenvalue weighted by Crippen LogP contribution is 2.41. The summed E-state index contributed by atoms with van der Waals surface area (Å²) in [6, 6.07) is 0.448. The van der Waals surface area contributed by atoms with Crippen molar-refractivity contribution in [2.75, 3.05) is 33.4 Å². The number of likely N-dealkylation sites (tertiary alicyclic amines) is 1. The fourth-order valence-electron chi connectivity index (χ4n) is 4.04. The standard InChI is InChI=1S/C16H28N4O3S.C2HF3O2/c1-4-23-12-14-5-6-16(19(14)3)7-9-20(10-8-16)24(21,22)15-11-18(2)13-17-15;3-2(4,5)1(6)7/h11,13-14H,4-10,12H2,1-3H3;(H,6,7). The molecule has 1 spiro atoms. The van der Waals surface area contributed by atoms with Crippen molar-refractivity contribution < 1.29 is 36.2 Å². The normalized spacial score (nSPS) is 22.3. The Balaban J connectivity index is 0.000000423. The first-order valence-corrected chi connectivity index (χ1v) is 11.4. The quantitative estimate of drug-likeness (QED) is 0.699. The van der Waals surface area contributed by atoms with E-state index in [-0.39, 0.29) is 10.6 Å². The van der Waals surface area contributed by atoms with Crippen LogP contribution in [0.5, 0.6) is 0 Å². The maximum absolute atomic E-state index is 12.7. The number of piperidine rings is 1. The average Bonchev–Trinajstić information content (AvgIpc) is 3.26. The highest BCUT2D eigenvalue weighted by atomic mass is 32.2. The van der Waals surface area contributed by atoms with E-state index in [9.17, 15) is 21.6 Å². The number of carboxylic acid groups (broad SMARTS) is 1. The number of aliphatic carboxylic acids is 1. The second kappa shape index (κ2) is 9.84. The molecule has 3 rings (SSSR count). The molecule has 178 valence electrons. The van der Waals surface area contributed by atoms with E-state index >= 15 is 0 Å². The Bertz CT molecular complexity index is 851. The maximum Gasteiger partial charge on any atom is 0.490 e. The summed E-state index contributed by atoms with van der Waals surface area (Å²) >= 11 is 0. The van der Waals surface area contributed by atoms with E-state index in [1.54, 1.807) is 22.1 Å². The molecule has 2 saturated heterocycles. The smallest absolute Gasteiger partial charge is 0.475 e. The third-order valence-corrected chi connectivity index (χ3v) is 7.72. The second-order valence-corrected chi connectivity index (χ2v) is 9.66. The van der Waals surface area contributed by atoms with Gasteiger partial charge in [0.15, 0.2) is 5.03 Å². The van der Waals surface area contributed by atoms with Gasteiger partial charge in [-0.2, -0.15) is 17.5 Å². The molecule has 2 aliphatic rings. The van der Waals surface area contributed by atoms with Crippen LogP contribution in [0.1, 0.15) is 32.6 Å². The zero-order valence-electron chi connectivity index (χ0n) is 17.8. The van der Waals surface area contributed by atoms with Crippen LogP contribution in [-0.4, -0.2) is 89.4 Å². The number of aryl methyl sites for hydroxylation is 1. The van der Waals surface area contributed by atoms with Gasteiger partial charge >= 0.3 is 12.1 Å². The van der Waals surface area contributed by atoms with Gasteiger partial charge in [0.1, 0.15) is 0 Å². The van der Waals surface area contributed by atoms with Crippen molar-refractivity contribution >= 4 is 16.0 Å². The lowest BCUT2D eigenvalue weighted by atomic mass is 9.86. The molecular weight excluding hydrogens is 441 g/mol. The number of rotatable bonds is 5. The summed E-state index contributed by atoms with van der Waals surface area (Å²) in [5, 5.41) is 7.27. The number of carbonyl (C=O) groups is 1. The number of imidazole rings is 1. The zero-order chi connectivity index (χ0) is 23.4. The molecule has 1 aromatic rings. The number of halogens is 3. The highest BCUT2D eigenvalue weighted by Gasteiger charge is 2.47. The summed E-state index contributed by atoms with van der Waals surface area (Å²) in [6.07, 6.45) is 2.01. The number of alkyl halides is 3. The van der Waals surface area contributed by atoms with Gasteiger partial charge in [0.25, 0.3) is 10.0 Å². The lowest BCUT2D eigenvalue weighted by molar-refractivity contribution is -0.192. The van der Waals surface area contributed by atoms with Crippen molar-refractivity contribution in [3.63, 3.8) is 0 Å². The topological polar surface area (TPSA) is 105 Å². The third kappa shape index (κ3) is 5.96. The number of carboxylic acids is 1. The van der Waals surface area contributed by atoms with Crippen LogP contribution in [0.4, 0.5) is 13.2 Å². The van der Waals surface area contributed by atoms with Crippen molar-refractivity contribution in [1.82, 2.24) is 18.8 Å². The number of hydrogen-bond donors (Lipinski definition) is 1. The first kappa shape index (κ1) is 25.6. The summed E-state index contributed by atoms with van der Waals surface area (Å²) < 4.78 is 66.0. The minimum absolute atomic E-state index is 0.123. The maximum atomic E-state index is 12.7. The minimum atomic E-state index is -5.08.